The van der Waals surface area contributed by atoms with Gasteiger partial charge < -0.3 is 10.1 Å². The van der Waals surface area contributed by atoms with Gasteiger partial charge in [0.25, 0.3) is 0 Å². The third-order valence-electron chi connectivity index (χ3n) is 3.36. The van der Waals surface area contributed by atoms with Gasteiger partial charge in [-0.2, -0.15) is 0 Å². The molecule has 7 heteroatoms. The highest BCUT2D eigenvalue weighted by Crippen LogP contribution is 2.20. The summed E-state index contributed by atoms with van der Waals surface area (Å²) >= 11 is 0. The first kappa shape index (κ1) is 15.0. The Morgan fingerprint density at radius 3 is 2.55 bits per heavy atom. The van der Waals surface area contributed by atoms with Gasteiger partial charge in [-0.1, -0.05) is 19.1 Å². The van der Waals surface area contributed by atoms with Crippen LogP contribution in [0.25, 0.3) is 0 Å². The molecule has 1 aliphatic heterocycles. The summed E-state index contributed by atoms with van der Waals surface area (Å²) in [7, 11) is -3.68. The van der Waals surface area contributed by atoms with Crippen LogP contribution in [-0.4, -0.2) is 27.0 Å². The molecule has 1 fully saturated rings. The van der Waals surface area contributed by atoms with E-state index in [9.17, 15) is 13.2 Å². The molecule has 1 aliphatic rings. The standard InChI is InChI=1S/C13H18N2O4S/c1-9-6-7-19-12(9)13(16)15-8-10-2-4-11(5-3-10)20(14,17)18/h2-5,9,12H,6-8H2,1H3,(H,15,16)(H2,14,17,18). The monoisotopic (exact) mass is 298 g/mol. The zero-order valence-corrected chi connectivity index (χ0v) is 12.0. The molecule has 110 valence electrons. The SMILES string of the molecule is CC1CCOC1C(=O)NCc1ccc(S(N)(=O)=O)cc1. The Bertz CT molecular complexity index is 583. The van der Waals surface area contributed by atoms with Gasteiger partial charge >= 0.3 is 0 Å². The van der Waals surface area contributed by atoms with E-state index in [4.69, 9.17) is 9.88 Å². The van der Waals surface area contributed by atoms with Gasteiger partial charge in [0, 0.05) is 13.2 Å². The number of carbonyl (C=O) groups is 1. The van der Waals surface area contributed by atoms with E-state index in [-0.39, 0.29) is 16.7 Å². The fourth-order valence-electron chi connectivity index (χ4n) is 2.12. The number of hydrogen-bond donors (Lipinski definition) is 2. The number of primary sulfonamides is 1. The van der Waals surface area contributed by atoms with Gasteiger partial charge in [0.15, 0.2) is 0 Å². The van der Waals surface area contributed by atoms with Crippen LogP contribution in [0.15, 0.2) is 29.2 Å². The Hall–Kier alpha value is -1.44. The van der Waals surface area contributed by atoms with Gasteiger partial charge in [0.2, 0.25) is 15.9 Å². The third-order valence-corrected chi connectivity index (χ3v) is 4.29. The van der Waals surface area contributed by atoms with Gasteiger partial charge in [0.1, 0.15) is 6.10 Å². The van der Waals surface area contributed by atoms with E-state index in [0.29, 0.717) is 13.2 Å². The van der Waals surface area contributed by atoms with Crippen LogP contribution in [0.2, 0.25) is 0 Å². The maximum Gasteiger partial charge on any atom is 0.249 e. The molecule has 1 aromatic carbocycles. The first-order valence-electron chi connectivity index (χ1n) is 6.39. The molecular weight excluding hydrogens is 280 g/mol. The minimum absolute atomic E-state index is 0.0559. The number of nitrogens with two attached hydrogens (primary N) is 1. The van der Waals surface area contributed by atoms with Crippen molar-refractivity contribution in [2.75, 3.05) is 6.61 Å². The molecule has 6 nitrogen and oxygen atoms in total. The normalized spacial score (nSPS) is 22.7. The highest BCUT2D eigenvalue weighted by atomic mass is 32.2. The van der Waals surface area contributed by atoms with Crippen LogP contribution < -0.4 is 10.5 Å². The van der Waals surface area contributed by atoms with Crippen LogP contribution in [0.3, 0.4) is 0 Å². The maximum atomic E-state index is 11.9. The quantitative estimate of drug-likeness (QED) is 0.839. The fraction of sp³-hybridized carbons (Fsp3) is 0.462. The average Bonchev–Trinajstić information content (AvgIpc) is 2.82. The molecule has 0 spiro atoms. The van der Waals surface area contributed by atoms with Crippen LogP contribution in [0.1, 0.15) is 18.9 Å². The molecule has 1 saturated heterocycles. The Morgan fingerprint density at radius 1 is 1.40 bits per heavy atom. The minimum atomic E-state index is -3.68. The highest BCUT2D eigenvalue weighted by molar-refractivity contribution is 7.89. The van der Waals surface area contributed by atoms with Gasteiger partial charge in [-0.05, 0) is 30.0 Å². The number of ether oxygens (including phenoxy) is 1. The van der Waals surface area contributed by atoms with Gasteiger partial charge in [-0.15, -0.1) is 0 Å². The summed E-state index contributed by atoms with van der Waals surface area (Å²) in [5.41, 5.74) is 0.802. The number of hydrogen-bond acceptors (Lipinski definition) is 4. The zero-order chi connectivity index (χ0) is 14.8. The number of rotatable bonds is 4. The molecule has 2 unspecified atom stereocenters. The predicted octanol–water partition coefficient (Wildman–Crippen LogP) is 0.375. The van der Waals surface area contributed by atoms with Crippen molar-refractivity contribution in [2.24, 2.45) is 11.1 Å². The summed E-state index contributed by atoms with van der Waals surface area (Å²) in [4.78, 5) is 12.0. The Balaban J connectivity index is 1.93. The lowest BCUT2D eigenvalue weighted by atomic mass is 10.0. The number of amides is 1. The van der Waals surface area contributed by atoms with E-state index in [1.807, 2.05) is 6.92 Å². The lowest BCUT2D eigenvalue weighted by Gasteiger charge is -2.14. The Morgan fingerprint density at radius 2 is 2.05 bits per heavy atom. The van der Waals surface area contributed by atoms with Crippen LogP contribution in [0.5, 0.6) is 0 Å². The van der Waals surface area contributed by atoms with Gasteiger partial charge in [0.05, 0.1) is 4.90 Å². The topological polar surface area (TPSA) is 98.5 Å². The second kappa shape index (κ2) is 5.90. The second-order valence-corrected chi connectivity index (χ2v) is 6.53. The Kier molecular flexibility index (Phi) is 4.42. The lowest BCUT2D eigenvalue weighted by Crippen LogP contribution is -2.36. The average molecular weight is 298 g/mol. The third kappa shape index (κ3) is 3.56. The summed E-state index contributed by atoms with van der Waals surface area (Å²) in [6, 6.07) is 6.09. The molecular formula is C13H18N2O4S. The van der Waals surface area contributed by atoms with Crippen molar-refractivity contribution in [1.82, 2.24) is 5.32 Å². The summed E-state index contributed by atoms with van der Waals surface area (Å²) in [5.74, 6) is 0.0882. The summed E-state index contributed by atoms with van der Waals surface area (Å²) in [5, 5.41) is 7.80. The molecule has 3 N–H and O–H groups in total. The van der Waals surface area contributed by atoms with E-state index >= 15 is 0 Å². The fourth-order valence-corrected chi connectivity index (χ4v) is 2.63. The smallest absolute Gasteiger partial charge is 0.249 e. The molecule has 2 atom stereocenters. The lowest BCUT2D eigenvalue weighted by molar-refractivity contribution is -0.131. The largest absolute Gasteiger partial charge is 0.368 e. The molecule has 2 rings (SSSR count). The van der Waals surface area contributed by atoms with Crippen molar-refractivity contribution < 1.29 is 17.9 Å². The molecule has 1 amide bonds. The van der Waals surface area contributed by atoms with Crippen LogP contribution in [0.4, 0.5) is 0 Å². The number of carbonyl (C=O) groups excluding carboxylic acids is 1. The summed E-state index contributed by atoms with van der Waals surface area (Å²) in [6.45, 7) is 2.93. The summed E-state index contributed by atoms with van der Waals surface area (Å²) < 4.78 is 27.6. The molecule has 1 heterocycles. The first-order chi connectivity index (χ1) is 9.38. The van der Waals surface area contributed by atoms with E-state index in [2.05, 4.69) is 5.32 Å². The maximum absolute atomic E-state index is 11.9. The molecule has 0 bridgehead atoms. The van der Waals surface area contributed by atoms with Crippen LogP contribution in [-0.2, 0) is 26.1 Å². The number of benzene rings is 1. The molecule has 0 saturated carbocycles. The predicted molar refractivity (Wildman–Crippen MR) is 73.2 cm³/mol. The summed E-state index contributed by atoms with van der Waals surface area (Å²) in [6.07, 6.45) is 0.500. The van der Waals surface area contributed by atoms with Crippen LogP contribution in [0, 0.1) is 5.92 Å². The Labute approximate surface area is 118 Å². The van der Waals surface area contributed by atoms with Crippen molar-refractivity contribution in [3.8, 4) is 0 Å². The van der Waals surface area contributed by atoms with Crippen molar-refractivity contribution in [2.45, 2.75) is 30.9 Å². The van der Waals surface area contributed by atoms with E-state index in [0.717, 1.165) is 12.0 Å². The van der Waals surface area contributed by atoms with Crippen molar-refractivity contribution in [3.63, 3.8) is 0 Å². The van der Waals surface area contributed by atoms with Gasteiger partial charge in [-0.3, -0.25) is 4.79 Å². The number of nitrogens with one attached hydrogen (secondary N) is 1. The van der Waals surface area contributed by atoms with Gasteiger partial charge in [-0.25, -0.2) is 13.6 Å². The minimum Gasteiger partial charge on any atom is -0.368 e. The molecule has 1 aromatic rings. The second-order valence-electron chi connectivity index (χ2n) is 4.96. The van der Waals surface area contributed by atoms with Crippen LogP contribution >= 0.6 is 0 Å². The van der Waals surface area contributed by atoms with E-state index in [1.54, 1.807) is 12.1 Å². The van der Waals surface area contributed by atoms with Crippen molar-refractivity contribution >= 4 is 15.9 Å². The molecule has 0 aromatic heterocycles. The highest BCUT2D eigenvalue weighted by Gasteiger charge is 2.30. The van der Waals surface area contributed by atoms with E-state index in [1.165, 1.54) is 12.1 Å². The molecule has 0 radical (unpaired) electrons. The van der Waals surface area contributed by atoms with Crippen molar-refractivity contribution in [1.29, 1.82) is 0 Å². The molecule has 0 aliphatic carbocycles. The van der Waals surface area contributed by atoms with Crippen molar-refractivity contribution in [3.05, 3.63) is 29.8 Å². The number of sulfonamides is 1. The first-order valence-corrected chi connectivity index (χ1v) is 7.93. The molecule has 20 heavy (non-hydrogen) atoms. The zero-order valence-electron chi connectivity index (χ0n) is 11.2. The van der Waals surface area contributed by atoms with E-state index < -0.39 is 16.1 Å².